The second-order valence-corrected chi connectivity index (χ2v) is 6.27. The number of hydrogen-bond acceptors (Lipinski definition) is 6. The summed E-state index contributed by atoms with van der Waals surface area (Å²) in [4.78, 5) is 15.5. The normalized spacial score (nSPS) is 21.1. The van der Waals surface area contributed by atoms with E-state index in [2.05, 4.69) is 29.7 Å². The molecule has 1 unspecified atom stereocenters. The van der Waals surface area contributed by atoms with Crippen LogP contribution in [0.25, 0.3) is 0 Å². The standard InChI is InChI=1S/C16H22N6O/c23-12-4-3-8-21(11-12)14-6-7-17-16(19-14)20-15-10-18-13-5-1-2-9-22(13)15/h6-7,10,12,23H,1-5,8-9,11H2,(H,17,19,20). The zero-order valence-corrected chi connectivity index (χ0v) is 13.1. The number of anilines is 3. The number of hydrogen-bond donors (Lipinski definition) is 2. The molecule has 2 aromatic heterocycles. The highest BCUT2D eigenvalue weighted by Crippen LogP contribution is 2.23. The number of aromatic nitrogens is 4. The van der Waals surface area contributed by atoms with E-state index in [1.54, 1.807) is 6.20 Å². The number of piperidine rings is 1. The molecule has 1 fully saturated rings. The minimum Gasteiger partial charge on any atom is -0.391 e. The highest BCUT2D eigenvalue weighted by Gasteiger charge is 2.20. The Morgan fingerprint density at radius 3 is 3.04 bits per heavy atom. The number of nitrogens with zero attached hydrogens (tertiary/aromatic N) is 5. The van der Waals surface area contributed by atoms with Crippen LogP contribution in [0.15, 0.2) is 18.5 Å². The SMILES string of the molecule is OC1CCCN(c2ccnc(Nc3cnc4n3CCCC4)n2)C1. The van der Waals surface area contributed by atoms with Crippen LogP contribution in [0.4, 0.5) is 17.6 Å². The van der Waals surface area contributed by atoms with Crippen LogP contribution in [0.3, 0.4) is 0 Å². The van der Waals surface area contributed by atoms with Gasteiger partial charge in [-0.25, -0.2) is 9.97 Å². The molecule has 7 nitrogen and oxygen atoms in total. The molecule has 0 bridgehead atoms. The maximum atomic E-state index is 9.84. The minimum absolute atomic E-state index is 0.267. The average Bonchev–Trinajstić information content (AvgIpc) is 2.98. The van der Waals surface area contributed by atoms with E-state index < -0.39 is 0 Å². The first-order valence-corrected chi connectivity index (χ1v) is 8.37. The molecular formula is C16H22N6O. The summed E-state index contributed by atoms with van der Waals surface area (Å²) in [6.45, 7) is 2.56. The Balaban J connectivity index is 1.53. The fraction of sp³-hybridized carbons (Fsp3) is 0.562. The van der Waals surface area contributed by atoms with Gasteiger partial charge in [0.1, 0.15) is 17.5 Å². The summed E-state index contributed by atoms with van der Waals surface area (Å²) >= 11 is 0. The number of imidazole rings is 1. The summed E-state index contributed by atoms with van der Waals surface area (Å²) in [5.74, 6) is 3.53. The number of rotatable bonds is 3. The van der Waals surface area contributed by atoms with Crippen molar-refractivity contribution in [2.75, 3.05) is 23.3 Å². The van der Waals surface area contributed by atoms with Gasteiger partial charge in [0.15, 0.2) is 0 Å². The van der Waals surface area contributed by atoms with Gasteiger partial charge in [0.25, 0.3) is 0 Å². The number of nitrogens with one attached hydrogen (secondary N) is 1. The molecule has 4 rings (SSSR count). The molecule has 122 valence electrons. The van der Waals surface area contributed by atoms with Crippen LogP contribution in [0.1, 0.15) is 31.5 Å². The van der Waals surface area contributed by atoms with Gasteiger partial charge in [-0.3, -0.25) is 0 Å². The third kappa shape index (κ3) is 3.01. The molecule has 0 radical (unpaired) electrons. The molecule has 0 amide bonds. The van der Waals surface area contributed by atoms with E-state index in [9.17, 15) is 5.11 Å². The lowest BCUT2D eigenvalue weighted by Gasteiger charge is -2.31. The van der Waals surface area contributed by atoms with Gasteiger partial charge in [-0.1, -0.05) is 0 Å². The van der Waals surface area contributed by atoms with E-state index in [1.165, 1.54) is 12.8 Å². The molecule has 23 heavy (non-hydrogen) atoms. The summed E-state index contributed by atoms with van der Waals surface area (Å²) in [5.41, 5.74) is 0. The van der Waals surface area contributed by atoms with Gasteiger partial charge in [0, 0.05) is 32.3 Å². The average molecular weight is 314 g/mol. The number of aliphatic hydroxyl groups is 1. The van der Waals surface area contributed by atoms with E-state index in [1.807, 2.05) is 12.3 Å². The molecule has 4 heterocycles. The van der Waals surface area contributed by atoms with E-state index in [0.717, 1.165) is 49.8 Å². The van der Waals surface area contributed by atoms with Gasteiger partial charge >= 0.3 is 0 Å². The Hall–Kier alpha value is -2.15. The van der Waals surface area contributed by atoms with Crippen molar-refractivity contribution < 1.29 is 5.11 Å². The Labute approximate surface area is 135 Å². The Morgan fingerprint density at radius 2 is 2.13 bits per heavy atom. The van der Waals surface area contributed by atoms with Gasteiger partial charge in [-0.2, -0.15) is 4.98 Å². The van der Waals surface area contributed by atoms with Crippen molar-refractivity contribution in [2.45, 2.75) is 44.8 Å². The fourth-order valence-corrected chi connectivity index (χ4v) is 3.38. The lowest BCUT2D eigenvalue weighted by Crippen LogP contribution is -2.38. The fourth-order valence-electron chi connectivity index (χ4n) is 3.38. The lowest BCUT2D eigenvalue weighted by atomic mass is 10.1. The highest BCUT2D eigenvalue weighted by atomic mass is 16.3. The molecular weight excluding hydrogens is 292 g/mol. The van der Waals surface area contributed by atoms with Crippen molar-refractivity contribution in [3.05, 3.63) is 24.3 Å². The van der Waals surface area contributed by atoms with Crippen LogP contribution in [0.5, 0.6) is 0 Å². The first kappa shape index (κ1) is 14.4. The van der Waals surface area contributed by atoms with Crippen LogP contribution < -0.4 is 10.2 Å². The molecule has 1 saturated heterocycles. The molecule has 7 heteroatoms. The summed E-state index contributed by atoms with van der Waals surface area (Å²) < 4.78 is 2.21. The maximum absolute atomic E-state index is 9.84. The lowest BCUT2D eigenvalue weighted by molar-refractivity contribution is 0.154. The Kier molecular flexibility index (Phi) is 3.87. The predicted octanol–water partition coefficient (Wildman–Crippen LogP) is 1.71. The summed E-state index contributed by atoms with van der Waals surface area (Å²) in [7, 11) is 0. The molecule has 0 saturated carbocycles. The topological polar surface area (TPSA) is 79.1 Å². The Bertz CT molecular complexity index is 685. The van der Waals surface area contributed by atoms with Gasteiger partial charge in [0.2, 0.25) is 5.95 Å². The monoisotopic (exact) mass is 314 g/mol. The van der Waals surface area contributed by atoms with Crippen molar-refractivity contribution in [3.8, 4) is 0 Å². The van der Waals surface area contributed by atoms with Crippen molar-refractivity contribution in [1.82, 2.24) is 19.5 Å². The summed E-state index contributed by atoms with van der Waals surface area (Å²) in [6.07, 6.45) is 8.65. The summed E-state index contributed by atoms with van der Waals surface area (Å²) in [5, 5.41) is 13.1. The molecule has 2 aliphatic rings. The summed E-state index contributed by atoms with van der Waals surface area (Å²) in [6, 6.07) is 1.90. The van der Waals surface area contributed by atoms with Crippen molar-refractivity contribution in [1.29, 1.82) is 0 Å². The highest BCUT2D eigenvalue weighted by molar-refractivity contribution is 5.51. The van der Waals surface area contributed by atoms with E-state index in [0.29, 0.717) is 12.5 Å². The van der Waals surface area contributed by atoms with E-state index in [-0.39, 0.29) is 6.10 Å². The van der Waals surface area contributed by atoms with Crippen LogP contribution in [-0.4, -0.2) is 43.8 Å². The van der Waals surface area contributed by atoms with Gasteiger partial charge in [-0.05, 0) is 31.7 Å². The van der Waals surface area contributed by atoms with Crippen molar-refractivity contribution in [2.24, 2.45) is 0 Å². The van der Waals surface area contributed by atoms with Crippen LogP contribution >= 0.6 is 0 Å². The third-order valence-corrected chi connectivity index (χ3v) is 4.57. The first-order chi connectivity index (χ1) is 11.3. The van der Waals surface area contributed by atoms with Crippen LogP contribution in [0.2, 0.25) is 0 Å². The molecule has 2 aliphatic heterocycles. The van der Waals surface area contributed by atoms with E-state index >= 15 is 0 Å². The zero-order chi connectivity index (χ0) is 15.6. The zero-order valence-electron chi connectivity index (χ0n) is 13.1. The smallest absolute Gasteiger partial charge is 0.230 e. The molecule has 2 aromatic rings. The quantitative estimate of drug-likeness (QED) is 0.898. The van der Waals surface area contributed by atoms with Gasteiger partial charge < -0.3 is 19.9 Å². The number of aryl methyl sites for hydroxylation is 1. The van der Waals surface area contributed by atoms with Crippen LogP contribution in [-0.2, 0) is 13.0 Å². The predicted molar refractivity (Wildman–Crippen MR) is 87.9 cm³/mol. The second kappa shape index (κ2) is 6.16. The third-order valence-electron chi connectivity index (χ3n) is 4.57. The Morgan fingerprint density at radius 1 is 1.17 bits per heavy atom. The minimum atomic E-state index is -0.267. The van der Waals surface area contributed by atoms with E-state index in [4.69, 9.17) is 0 Å². The largest absolute Gasteiger partial charge is 0.391 e. The molecule has 1 atom stereocenters. The first-order valence-electron chi connectivity index (χ1n) is 8.37. The van der Waals surface area contributed by atoms with Gasteiger partial charge in [0.05, 0.1) is 12.3 Å². The number of aliphatic hydroxyl groups excluding tert-OH is 1. The molecule has 0 spiro atoms. The van der Waals surface area contributed by atoms with Gasteiger partial charge in [-0.15, -0.1) is 0 Å². The molecule has 2 N–H and O–H groups in total. The van der Waals surface area contributed by atoms with Crippen molar-refractivity contribution in [3.63, 3.8) is 0 Å². The van der Waals surface area contributed by atoms with Crippen LogP contribution in [0, 0.1) is 0 Å². The maximum Gasteiger partial charge on any atom is 0.230 e. The molecule has 0 aliphatic carbocycles. The number of β-amino-alcohol motifs (C(OH)–C–C–N with tert-alkyl or cyclic N) is 1. The second-order valence-electron chi connectivity index (χ2n) is 6.27. The van der Waals surface area contributed by atoms with Crippen molar-refractivity contribution >= 4 is 17.6 Å². The number of fused-ring (bicyclic) bond motifs is 1. The molecule has 0 aromatic carbocycles.